The Kier molecular flexibility index (Phi) is 8.24. The van der Waals surface area contributed by atoms with E-state index in [9.17, 15) is 0 Å². The molecule has 246 valence electrons. The lowest BCUT2D eigenvalue weighted by Crippen LogP contribution is -2.09. The molecule has 0 aliphatic heterocycles. The summed E-state index contributed by atoms with van der Waals surface area (Å²) in [6, 6.07) is 78.2. The van der Waals surface area contributed by atoms with E-state index < -0.39 is 0 Å². The highest BCUT2D eigenvalue weighted by Crippen LogP contribution is 2.39. The number of nitrogens with zero attached hydrogens (tertiary/aromatic N) is 2. The fourth-order valence-corrected chi connectivity index (χ4v) is 7.15. The number of fused-ring (bicyclic) bond motifs is 2. The largest absolute Gasteiger partial charge is 0.311 e. The molecular formula is C50H36N2. The van der Waals surface area contributed by atoms with Crippen LogP contribution in [-0.4, -0.2) is 0 Å². The van der Waals surface area contributed by atoms with Crippen molar-refractivity contribution in [1.29, 1.82) is 0 Å². The van der Waals surface area contributed by atoms with Crippen molar-refractivity contribution in [2.45, 2.75) is 0 Å². The first-order chi connectivity index (χ1) is 25.8. The van der Waals surface area contributed by atoms with E-state index in [0.29, 0.717) is 0 Å². The summed E-state index contributed by atoms with van der Waals surface area (Å²) in [5, 5.41) is 4.92. The van der Waals surface area contributed by atoms with E-state index in [-0.39, 0.29) is 0 Å². The maximum atomic E-state index is 2.33. The van der Waals surface area contributed by atoms with Crippen LogP contribution in [0.15, 0.2) is 218 Å². The Balaban J connectivity index is 1.02. The Labute approximate surface area is 305 Å². The molecule has 9 aromatic carbocycles. The van der Waals surface area contributed by atoms with Gasteiger partial charge in [0.15, 0.2) is 0 Å². The Morgan fingerprint density at radius 3 is 1.00 bits per heavy atom. The molecule has 52 heavy (non-hydrogen) atoms. The summed E-state index contributed by atoms with van der Waals surface area (Å²) < 4.78 is 0. The van der Waals surface area contributed by atoms with E-state index in [4.69, 9.17) is 0 Å². The maximum absolute atomic E-state index is 2.33. The third-order valence-corrected chi connectivity index (χ3v) is 9.79. The smallest absolute Gasteiger partial charge is 0.0468 e. The molecule has 0 N–H and O–H groups in total. The van der Waals surface area contributed by atoms with Gasteiger partial charge < -0.3 is 9.80 Å². The molecule has 9 aromatic rings. The summed E-state index contributed by atoms with van der Waals surface area (Å²) in [5.74, 6) is 0. The molecule has 0 radical (unpaired) electrons. The molecule has 0 unspecified atom stereocenters. The minimum absolute atomic E-state index is 1.12. The van der Waals surface area contributed by atoms with Crippen molar-refractivity contribution in [2.75, 3.05) is 9.80 Å². The summed E-state index contributed by atoms with van der Waals surface area (Å²) in [5.41, 5.74) is 11.6. The lowest BCUT2D eigenvalue weighted by molar-refractivity contribution is 1.28. The first-order valence-electron chi connectivity index (χ1n) is 17.8. The molecule has 2 heteroatoms. The molecular weight excluding hydrogens is 629 g/mol. The van der Waals surface area contributed by atoms with Crippen molar-refractivity contribution in [3.05, 3.63) is 218 Å². The number of para-hydroxylation sites is 3. The number of rotatable bonds is 8. The molecule has 0 atom stereocenters. The van der Waals surface area contributed by atoms with Crippen molar-refractivity contribution >= 4 is 55.7 Å². The standard InChI is InChI=1S/C50H36N2/c1-4-14-45(15-5-1)51(46-16-6-2-7-17-46)48-29-24-39(25-30-48)42-22-23-44-36-50(33-28-43(44)35-42)52(47-18-8-3-9-19-47)49-31-26-38(27-32-49)41-21-20-37-12-10-11-13-40(37)34-41/h1-36H. The van der Waals surface area contributed by atoms with Gasteiger partial charge in [0.05, 0.1) is 0 Å². The van der Waals surface area contributed by atoms with Gasteiger partial charge in [-0.25, -0.2) is 0 Å². The normalized spacial score (nSPS) is 11.1. The van der Waals surface area contributed by atoms with Crippen LogP contribution in [0.4, 0.5) is 34.1 Å². The van der Waals surface area contributed by atoms with Gasteiger partial charge >= 0.3 is 0 Å². The molecule has 0 aliphatic carbocycles. The Hall–Kier alpha value is -6.90. The molecule has 0 bridgehead atoms. The Bertz CT molecular complexity index is 2560. The van der Waals surface area contributed by atoms with Crippen LogP contribution in [0.2, 0.25) is 0 Å². The topological polar surface area (TPSA) is 6.48 Å². The van der Waals surface area contributed by atoms with Gasteiger partial charge in [0.2, 0.25) is 0 Å². The summed E-state index contributed by atoms with van der Waals surface area (Å²) in [4.78, 5) is 4.63. The summed E-state index contributed by atoms with van der Waals surface area (Å²) in [6.07, 6.45) is 0. The third kappa shape index (κ3) is 6.19. The van der Waals surface area contributed by atoms with Gasteiger partial charge in [-0.15, -0.1) is 0 Å². The van der Waals surface area contributed by atoms with E-state index >= 15 is 0 Å². The lowest BCUT2D eigenvalue weighted by atomic mass is 9.99. The molecule has 0 heterocycles. The van der Waals surface area contributed by atoms with Crippen molar-refractivity contribution in [3.8, 4) is 22.3 Å². The minimum atomic E-state index is 1.12. The monoisotopic (exact) mass is 664 g/mol. The number of anilines is 6. The molecule has 9 rings (SSSR count). The molecule has 2 nitrogen and oxygen atoms in total. The fraction of sp³-hybridized carbons (Fsp3) is 0. The number of hydrogen-bond donors (Lipinski definition) is 0. The summed E-state index contributed by atoms with van der Waals surface area (Å²) in [7, 11) is 0. The van der Waals surface area contributed by atoms with Gasteiger partial charge in [-0.1, -0.05) is 133 Å². The zero-order valence-corrected chi connectivity index (χ0v) is 28.7. The number of hydrogen-bond acceptors (Lipinski definition) is 2. The average Bonchev–Trinajstić information content (AvgIpc) is 3.22. The van der Waals surface area contributed by atoms with Gasteiger partial charge in [0.25, 0.3) is 0 Å². The van der Waals surface area contributed by atoms with Crippen LogP contribution in [0.25, 0.3) is 43.8 Å². The zero-order valence-electron chi connectivity index (χ0n) is 28.7. The van der Waals surface area contributed by atoms with Gasteiger partial charge in [-0.05, 0) is 129 Å². The van der Waals surface area contributed by atoms with Crippen LogP contribution >= 0.6 is 0 Å². The predicted molar refractivity (Wildman–Crippen MR) is 222 cm³/mol. The van der Waals surface area contributed by atoms with Crippen LogP contribution in [0.1, 0.15) is 0 Å². The van der Waals surface area contributed by atoms with Crippen LogP contribution in [-0.2, 0) is 0 Å². The molecule has 0 amide bonds. The molecule has 0 fully saturated rings. The molecule has 0 spiro atoms. The van der Waals surface area contributed by atoms with Crippen LogP contribution in [0, 0.1) is 0 Å². The second-order valence-corrected chi connectivity index (χ2v) is 13.1. The molecule has 0 aliphatic rings. The maximum Gasteiger partial charge on any atom is 0.0468 e. The highest BCUT2D eigenvalue weighted by molar-refractivity contribution is 5.93. The van der Waals surface area contributed by atoms with E-state index in [0.717, 1.165) is 34.1 Å². The van der Waals surface area contributed by atoms with Gasteiger partial charge in [0, 0.05) is 34.1 Å². The Morgan fingerprint density at radius 2 is 0.500 bits per heavy atom. The highest BCUT2D eigenvalue weighted by atomic mass is 15.1. The first-order valence-corrected chi connectivity index (χ1v) is 17.8. The third-order valence-electron chi connectivity index (χ3n) is 9.79. The second-order valence-electron chi connectivity index (χ2n) is 13.1. The van der Waals surface area contributed by atoms with Crippen molar-refractivity contribution < 1.29 is 0 Å². The molecule has 0 aromatic heterocycles. The minimum Gasteiger partial charge on any atom is -0.311 e. The number of benzene rings is 9. The van der Waals surface area contributed by atoms with Crippen LogP contribution in [0.5, 0.6) is 0 Å². The van der Waals surface area contributed by atoms with Crippen LogP contribution < -0.4 is 9.80 Å². The van der Waals surface area contributed by atoms with Crippen LogP contribution in [0.3, 0.4) is 0 Å². The van der Waals surface area contributed by atoms with Crippen molar-refractivity contribution in [2.24, 2.45) is 0 Å². The van der Waals surface area contributed by atoms with Gasteiger partial charge in [-0.3, -0.25) is 0 Å². The van der Waals surface area contributed by atoms with Gasteiger partial charge in [-0.2, -0.15) is 0 Å². The summed E-state index contributed by atoms with van der Waals surface area (Å²) in [6.45, 7) is 0. The first kappa shape index (κ1) is 31.1. The SMILES string of the molecule is c1ccc(N(c2ccccc2)c2ccc(-c3ccc4cc(N(c5ccccc5)c5ccc(-c6ccc7ccccc7c6)cc5)ccc4c3)cc2)cc1. The van der Waals surface area contributed by atoms with Crippen molar-refractivity contribution in [1.82, 2.24) is 0 Å². The zero-order chi connectivity index (χ0) is 34.7. The summed E-state index contributed by atoms with van der Waals surface area (Å²) >= 11 is 0. The molecule has 0 saturated carbocycles. The van der Waals surface area contributed by atoms with E-state index in [1.165, 1.54) is 43.8 Å². The quantitative estimate of drug-likeness (QED) is 0.159. The van der Waals surface area contributed by atoms with E-state index in [2.05, 4.69) is 228 Å². The average molecular weight is 665 g/mol. The van der Waals surface area contributed by atoms with Gasteiger partial charge in [0.1, 0.15) is 0 Å². The van der Waals surface area contributed by atoms with E-state index in [1.54, 1.807) is 0 Å². The Morgan fingerprint density at radius 1 is 0.192 bits per heavy atom. The second kappa shape index (κ2) is 13.8. The van der Waals surface area contributed by atoms with Crippen molar-refractivity contribution in [3.63, 3.8) is 0 Å². The lowest BCUT2D eigenvalue weighted by Gasteiger charge is -2.26. The van der Waals surface area contributed by atoms with E-state index in [1.807, 2.05) is 0 Å². The highest BCUT2D eigenvalue weighted by Gasteiger charge is 2.15. The fourth-order valence-electron chi connectivity index (χ4n) is 7.15. The molecule has 0 saturated heterocycles. The predicted octanol–water partition coefficient (Wildman–Crippen LogP) is 14.3.